The fraction of sp³-hybridized carbons (Fsp3) is 0.154. The van der Waals surface area contributed by atoms with E-state index in [-0.39, 0.29) is 5.76 Å². The van der Waals surface area contributed by atoms with E-state index >= 15 is 0 Å². The zero-order valence-electron chi connectivity index (χ0n) is 9.47. The number of esters is 1. The van der Waals surface area contributed by atoms with Gasteiger partial charge in [0, 0.05) is 11.3 Å². The first-order chi connectivity index (χ1) is 8.22. The number of ether oxygens (including phenoxy) is 1. The van der Waals surface area contributed by atoms with Crippen molar-refractivity contribution < 1.29 is 13.9 Å². The fourth-order valence-electron chi connectivity index (χ4n) is 1.60. The third-order valence-corrected chi connectivity index (χ3v) is 2.32. The summed E-state index contributed by atoms with van der Waals surface area (Å²) >= 11 is 0. The predicted molar refractivity (Wildman–Crippen MR) is 64.5 cm³/mol. The molecule has 0 atom stereocenters. The second-order valence-electron chi connectivity index (χ2n) is 3.51. The molecule has 0 aliphatic heterocycles. The molecule has 4 nitrogen and oxygen atoms in total. The number of carbonyl (C=O) groups excluding carboxylic acids is 1. The van der Waals surface area contributed by atoms with E-state index in [2.05, 4.69) is 0 Å². The predicted octanol–water partition coefficient (Wildman–Crippen LogP) is 2.71. The molecule has 0 bridgehead atoms. The smallest absolute Gasteiger partial charge is 0.374 e. The van der Waals surface area contributed by atoms with Gasteiger partial charge in [0.1, 0.15) is 0 Å². The standard InChI is InChI=1S/C13H13NO3/c1-2-16-13(15)12-11(6-7-17-12)9-4-3-5-10(14)8-9/h3-8H,2,14H2,1H3. The van der Waals surface area contributed by atoms with E-state index in [9.17, 15) is 4.79 Å². The van der Waals surface area contributed by atoms with Crippen LogP contribution < -0.4 is 5.73 Å². The van der Waals surface area contributed by atoms with Crippen molar-refractivity contribution >= 4 is 11.7 Å². The van der Waals surface area contributed by atoms with E-state index in [0.717, 1.165) is 5.56 Å². The molecule has 17 heavy (non-hydrogen) atoms. The number of hydrogen-bond acceptors (Lipinski definition) is 4. The molecule has 0 spiro atoms. The summed E-state index contributed by atoms with van der Waals surface area (Å²) < 4.78 is 10.1. The van der Waals surface area contributed by atoms with Gasteiger partial charge in [0.2, 0.25) is 5.76 Å². The molecular weight excluding hydrogens is 218 g/mol. The Labute approximate surface area is 99.0 Å². The van der Waals surface area contributed by atoms with Gasteiger partial charge in [-0.2, -0.15) is 0 Å². The van der Waals surface area contributed by atoms with Gasteiger partial charge in [-0.3, -0.25) is 0 Å². The van der Waals surface area contributed by atoms with E-state index in [0.29, 0.717) is 17.9 Å². The number of furan rings is 1. The topological polar surface area (TPSA) is 65.5 Å². The van der Waals surface area contributed by atoms with Crippen LogP contribution in [0.15, 0.2) is 41.0 Å². The van der Waals surface area contributed by atoms with Gasteiger partial charge in [0.25, 0.3) is 0 Å². The van der Waals surface area contributed by atoms with Gasteiger partial charge in [-0.1, -0.05) is 12.1 Å². The number of hydrogen-bond donors (Lipinski definition) is 1. The van der Waals surface area contributed by atoms with Gasteiger partial charge in [0.05, 0.1) is 12.9 Å². The minimum atomic E-state index is -0.463. The lowest BCUT2D eigenvalue weighted by molar-refractivity contribution is 0.0491. The zero-order chi connectivity index (χ0) is 12.3. The van der Waals surface area contributed by atoms with Crippen molar-refractivity contribution in [1.29, 1.82) is 0 Å². The summed E-state index contributed by atoms with van der Waals surface area (Å²) in [6, 6.07) is 8.98. The van der Waals surface area contributed by atoms with Crippen LogP contribution in [0.4, 0.5) is 5.69 Å². The quantitative estimate of drug-likeness (QED) is 0.651. The zero-order valence-corrected chi connectivity index (χ0v) is 9.47. The van der Waals surface area contributed by atoms with Crippen LogP contribution in [0.5, 0.6) is 0 Å². The van der Waals surface area contributed by atoms with Gasteiger partial charge in [-0.15, -0.1) is 0 Å². The van der Waals surface area contributed by atoms with Gasteiger partial charge in [-0.05, 0) is 30.7 Å². The molecule has 1 aromatic carbocycles. The molecule has 0 amide bonds. The summed E-state index contributed by atoms with van der Waals surface area (Å²) in [6.07, 6.45) is 1.46. The maximum absolute atomic E-state index is 11.6. The number of carbonyl (C=O) groups is 1. The molecule has 0 unspecified atom stereocenters. The Bertz CT molecular complexity index is 531. The SMILES string of the molecule is CCOC(=O)c1occc1-c1cccc(N)c1. The molecule has 2 N–H and O–H groups in total. The molecule has 0 radical (unpaired) electrons. The summed E-state index contributed by atoms with van der Waals surface area (Å²) in [7, 11) is 0. The van der Waals surface area contributed by atoms with Crippen LogP contribution in [0.25, 0.3) is 11.1 Å². The van der Waals surface area contributed by atoms with Gasteiger partial charge >= 0.3 is 5.97 Å². The van der Waals surface area contributed by atoms with E-state index in [1.165, 1.54) is 6.26 Å². The second-order valence-corrected chi connectivity index (χ2v) is 3.51. The van der Waals surface area contributed by atoms with Crippen molar-refractivity contribution in [3.8, 4) is 11.1 Å². The Morgan fingerprint density at radius 2 is 2.24 bits per heavy atom. The summed E-state index contributed by atoms with van der Waals surface area (Å²) in [6.45, 7) is 2.07. The van der Waals surface area contributed by atoms with Crippen molar-refractivity contribution in [3.05, 3.63) is 42.4 Å². The van der Waals surface area contributed by atoms with Crippen LogP contribution in [0.3, 0.4) is 0 Å². The van der Waals surface area contributed by atoms with E-state index in [1.807, 2.05) is 12.1 Å². The molecule has 1 aromatic heterocycles. The Hall–Kier alpha value is -2.23. The molecule has 2 rings (SSSR count). The number of benzene rings is 1. The Morgan fingerprint density at radius 1 is 1.41 bits per heavy atom. The average molecular weight is 231 g/mol. The van der Waals surface area contributed by atoms with Gasteiger partial charge in [-0.25, -0.2) is 4.79 Å². The highest BCUT2D eigenvalue weighted by molar-refractivity contribution is 5.94. The number of anilines is 1. The highest BCUT2D eigenvalue weighted by Crippen LogP contribution is 2.26. The number of nitrogens with two attached hydrogens (primary N) is 1. The van der Waals surface area contributed by atoms with Crippen molar-refractivity contribution in [2.75, 3.05) is 12.3 Å². The molecule has 0 saturated carbocycles. The van der Waals surface area contributed by atoms with E-state index in [1.54, 1.807) is 25.1 Å². The Kier molecular flexibility index (Phi) is 3.14. The van der Waals surface area contributed by atoms with E-state index < -0.39 is 5.97 Å². The maximum Gasteiger partial charge on any atom is 0.374 e. The molecule has 4 heteroatoms. The lowest BCUT2D eigenvalue weighted by Crippen LogP contribution is -2.04. The second kappa shape index (κ2) is 4.74. The first kappa shape index (κ1) is 11.3. The molecule has 2 aromatic rings. The number of nitrogen functional groups attached to an aromatic ring is 1. The largest absolute Gasteiger partial charge is 0.460 e. The summed E-state index contributed by atoms with van der Waals surface area (Å²) in [5, 5.41) is 0. The van der Waals surface area contributed by atoms with E-state index in [4.69, 9.17) is 14.9 Å². The normalized spacial score (nSPS) is 10.2. The Morgan fingerprint density at radius 3 is 2.94 bits per heavy atom. The first-order valence-corrected chi connectivity index (χ1v) is 5.33. The van der Waals surface area contributed by atoms with Crippen molar-refractivity contribution in [3.63, 3.8) is 0 Å². The monoisotopic (exact) mass is 231 g/mol. The van der Waals surface area contributed by atoms with Crippen molar-refractivity contribution in [2.24, 2.45) is 0 Å². The van der Waals surface area contributed by atoms with Gasteiger partial charge < -0.3 is 14.9 Å². The minimum absolute atomic E-state index is 0.206. The van der Waals surface area contributed by atoms with Crippen LogP contribution in [-0.2, 0) is 4.74 Å². The van der Waals surface area contributed by atoms with Crippen molar-refractivity contribution in [2.45, 2.75) is 6.92 Å². The summed E-state index contributed by atoms with van der Waals surface area (Å²) in [4.78, 5) is 11.6. The van der Waals surface area contributed by atoms with Crippen LogP contribution in [0.1, 0.15) is 17.5 Å². The Balaban J connectivity index is 2.40. The molecule has 0 saturated heterocycles. The summed E-state index contributed by atoms with van der Waals surface area (Å²) in [5.74, 6) is -0.257. The van der Waals surface area contributed by atoms with Crippen LogP contribution in [0.2, 0.25) is 0 Å². The average Bonchev–Trinajstić information content (AvgIpc) is 2.78. The van der Waals surface area contributed by atoms with Crippen molar-refractivity contribution in [1.82, 2.24) is 0 Å². The molecule has 0 fully saturated rings. The summed E-state index contributed by atoms with van der Waals surface area (Å²) in [5.41, 5.74) is 7.87. The molecule has 1 heterocycles. The first-order valence-electron chi connectivity index (χ1n) is 5.33. The van der Waals surface area contributed by atoms with Gasteiger partial charge in [0.15, 0.2) is 0 Å². The highest BCUT2D eigenvalue weighted by Gasteiger charge is 2.17. The molecule has 88 valence electrons. The highest BCUT2D eigenvalue weighted by atomic mass is 16.5. The minimum Gasteiger partial charge on any atom is -0.460 e. The van der Waals surface area contributed by atoms with Crippen LogP contribution in [-0.4, -0.2) is 12.6 Å². The molecule has 0 aliphatic rings. The molecule has 0 aliphatic carbocycles. The fourth-order valence-corrected chi connectivity index (χ4v) is 1.60. The van der Waals surface area contributed by atoms with Crippen LogP contribution >= 0.6 is 0 Å². The number of rotatable bonds is 3. The third-order valence-electron chi connectivity index (χ3n) is 2.32. The lowest BCUT2D eigenvalue weighted by atomic mass is 10.1. The maximum atomic E-state index is 11.6. The lowest BCUT2D eigenvalue weighted by Gasteiger charge is -2.03. The third kappa shape index (κ3) is 2.30. The molecular formula is C13H13NO3. The van der Waals surface area contributed by atoms with Crippen LogP contribution in [0, 0.1) is 0 Å².